The molecule has 0 bridgehead atoms. The molecule has 0 aliphatic rings. The van der Waals surface area contributed by atoms with Crippen molar-refractivity contribution in [2.24, 2.45) is 0 Å². The number of nitrogens with one attached hydrogen (secondary N) is 2. The average Bonchev–Trinajstić information content (AvgIpc) is 2.71. The maximum atomic E-state index is 12.4. The first-order valence-electron chi connectivity index (χ1n) is 8.54. The molecule has 0 aliphatic carbocycles. The molecule has 2 aromatic carbocycles. The van der Waals surface area contributed by atoms with Gasteiger partial charge < -0.3 is 14.8 Å². The summed E-state index contributed by atoms with van der Waals surface area (Å²) in [5.41, 5.74) is 0.883. The highest BCUT2D eigenvalue weighted by atomic mass is 16.6. The molecular weight excluding hydrogens is 364 g/mol. The molecule has 28 heavy (non-hydrogen) atoms. The summed E-state index contributed by atoms with van der Waals surface area (Å²) in [6.45, 7) is 1.60. The van der Waals surface area contributed by atoms with Crippen LogP contribution in [0.1, 0.15) is 28.9 Å². The number of hydrogen-bond donors (Lipinski definition) is 2. The molecule has 0 saturated heterocycles. The molecule has 0 aliphatic heterocycles. The third-order valence-corrected chi connectivity index (χ3v) is 3.54. The monoisotopic (exact) mass is 384 g/mol. The van der Waals surface area contributed by atoms with Gasteiger partial charge in [0.15, 0.2) is 6.61 Å². The Morgan fingerprint density at radius 1 is 1.04 bits per heavy atom. The Kier molecular flexibility index (Phi) is 7.71. The van der Waals surface area contributed by atoms with Gasteiger partial charge in [-0.25, -0.2) is 9.59 Å². The van der Waals surface area contributed by atoms with Crippen molar-refractivity contribution >= 4 is 24.2 Å². The minimum absolute atomic E-state index is 0.339. The fourth-order valence-electron chi connectivity index (χ4n) is 2.23. The van der Waals surface area contributed by atoms with Gasteiger partial charge in [-0.2, -0.15) is 0 Å². The lowest BCUT2D eigenvalue weighted by atomic mass is 10.1. The number of amides is 3. The van der Waals surface area contributed by atoms with Crippen LogP contribution in [0.3, 0.4) is 0 Å². The van der Waals surface area contributed by atoms with E-state index in [0.29, 0.717) is 29.7 Å². The lowest BCUT2D eigenvalue weighted by Crippen LogP contribution is -2.42. The van der Waals surface area contributed by atoms with Crippen LogP contribution in [-0.4, -0.2) is 37.3 Å². The van der Waals surface area contributed by atoms with Crippen LogP contribution in [0.15, 0.2) is 54.6 Å². The van der Waals surface area contributed by atoms with Crippen molar-refractivity contribution in [1.82, 2.24) is 10.6 Å². The van der Waals surface area contributed by atoms with E-state index in [9.17, 15) is 19.2 Å². The number of aldehydes is 1. The number of hydrogen-bond acceptors (Lipinski definition) is 6. The number of ether oxygens (including phenoxy) is 2. The van der Waals surface area contributed by atoms with Gasteiger partial charge in [-0.1, -0.05) is 30.3 Å². The Balaban J connectivity index is 2.02. The molecule has 0 saturated carbocycles. The first-order valence-corrected chi connectivity index (χ1v) is 8.54. The third kappa shape index (κ3) is 6.24. The zero-order chi connectivity index (χ0) is 20.4. The van der Waals surface area contributed by atoms with E-state index in [2.05, 4.69) is 10.6 Å². The Morgan fingerprint density at radius 3 is 2.32 bits per heavy atom. The molecule has 0 radical (unpaired) electrons. The normalized spacial score (nSPS) is 11.0. The molecule has 2 N–H and O–H groups in total. The van der Waals surface area contributed by atoms with E-state index >= 15 is 0 Å². The Bertz CT molecular complexity index is 820. The summed E-state index contributed by atoms with van der Waals surface area (Å²) in [6, 6.07) is 13.8. The van der Waals surface area contributed by atoms with Gasteiger partial charge in [-0.3, -0.25) is 14.9 Å². The molecule has 0 unspecified atom stereocenters. The molecule has 0 aromatic heterocycles. The predicted molar refractivity (Wildman–Crippen MR) is 99.8 cm³/mol. The lowest BCUT2D eigenvalue weighted by molar-refractivity contribution is -0.158. The summed E-state index contributed by atoms with van der Waals surface area (Å²) in [5, 5.41) is 4.56. The molecule has 8 nitrogen and oxygen atoms in total. The summed E-state index contributed by atoms with van der Waals surface area (Å²) in [5.74, 6) is -1.20. The molecular formula is C20H20N2O6. The van der Waals surface area contributed by atoms with Crippen molar-refractivity contribution in [2.75, 3.05) is 13.2 Å². The quantitative estimate of drug-likeness (QED) is 0.532. The largest absolute Gasteiger partial charge is 0.482 e. The standard InChI is InChI=1S/C20H20N2O6/c1-2-21-20(26)22-19(25)18(15-6-4-3-5-7-15)28-17(24)13-27-16-10-8-14(12-23)9-11-16/h3-12,18H,2,13H2,1H3,(H2,21,22,25,26)/t18-/m1/s1. The maximum absolute atomic E-state index is 12.4. The van der Waals surface area contributed by atoms with Crippen LogP contribution in [0.5, 0.6) is 5.75 Å². The Hall–Kier alpha value is -3.68. The number of carbonyl (C=O) groups is 4. The van der Waals surface area contributed by atoms with Crippen LogP contribution in [0.2, 0.25) is 0 Å². The number of carbonyl (C=O) groups excluding carboxylic acids is 4. The maximum Gasteiger partial charge on any atom is 0.345 e. The van der Waals surface area contributed by atoms with Gasteiger partial charge in [0.25, 0.3) is 5.91 Å². The minimum Gasteiger partial charge on any atom is -0.482 e. The third-order valence-electron chi connectivity index (χ3n) is 3.54. The number of imide groups is 1. The highest BCUT2D eigenvalue weighted by Crippen LogP contribution is 2.18. The van der Waals surface area contributed by atoms with E-state index < -0.39 is 30.6 Å². The number of urea groups is 1. The first-order chi connectivity index (χ1) is 13.5. The molecule has 0 heterocycles. The molecule has 8 heteroatoms. The van der Waals surface area contributed by atoms with Crippen molar-refractivity contribution in [2.45, 2.75) is 13.0 Å². The van der Waals surface area contributed by atoms with Crippen LogP contribution in [0.4, 0.5) is 4.79 Å². The second kappa shape index (κ2) is 10.5. The second-order valence-corrected chi connectivity index (χ2v) is 5.60. The topological polar surface area (TPSA) is 111 Å². The van der Waals surface area contributed by atoms with Crippen LogP contribution < -0.4 is 15.4 Å². The highest BCUT2D eigenvalue weighted by Gasteiger charge is 2.26. The molecule has 3 amide bonds. The smallest absolute Gasteiger partial charge is 0.345 e. The van der Waals surface area contributed by atoms with Crippen molar-refractivity contribution in [3.8, 4) is 5.75 Å². The Morgan fingerprint density at radius 2 is 1.71 bits per heavy atom. The van der Waals surface area contributed by atoms with Crippen LogP contribution >= 0.6 is 0 Å². The second-order valence-electron chi connectivity index (χ2n) is 5.60. The molecule has 2 aromatic rings. The van der Waals surface area contributed by atoms with E-state index in [-0.39, 0.29) is 0 Å². The van der Waals surface area contributed by atoms with Crippen LogP contribution in [0, 0.1) is 0 Å². The molecule has 146 valence electrons. The first kappa shape index (κ1) is 20.6. The van der Waals surface area contributed by atoms with Gasteiger partial charge >= 0.3 is 12.0 Å². The van der Waals surface area contributed by atoms with Crippen LogP contribution in [-0.2, 0) is 14.3 Å². The van der Waals surface area contributed by atoms with E-state index in [0.717, 1.165) is 0 Å². The summed E-state index contributed by atoms with van der Waals surface area (Å²) in [4.78, 5) is 46.8. The summed E-state index contributed by atoms with van der Waals surface area (Å²) in [6.07, 6.45) is -0.618. The lowest BCUT2D eigenvalue weighted by Gasteiger charge is -2.18. The van der Waals surface area contributed by atoms with Crippen molar-refractivity contribution in [3.63, 3.8) is 0 Å². The zero-order valence-electron chi connectivity index (χ0n) is 15.2. The van der Waals surface area contributed by atoms with Crippen molar-refractivity contribution < 1.29 is 28.7 Å². The van der Waals surface area contributed by atoms with Gasteiger partial charge in [0.2, 0.25) is 6.10 Å². The Labute approximate surface area is 161 Å². The number of benzene rings is 2. The van der Waals surface area contributed by atoms with Gasteiger partial charge in [-0.05, 0) is 31.2 Å². The van der Waals surface area contributed by atoms with Gasteiger partial charge in [0.1, 0.15) is 12.0 Å². The van der Waals surface area contributed by atoms with E-state index in [4.69, 9.17) is 9.47 Å². The minimum atomic E-state index is -1.31. The van der Waals surface area contributed by atoms with Crippen LogP contribution in [0.25, 0.3) is 0 Å². The molecule has 2 rings (SSSR count). The SMILES string of the molecule is CCNC(=O)NC(=O)[C@H](OC(=O)COc1ccc(C=O)cc1)c1ccccc1. The van der Waals surface area contributed by atoms with Gasteiger partial charge in [0, 0.05) is 17.7 Å². The summed E-state index contributed by atoms with van der Waals surface area (Å²) < 4.78 is 10.5. The predicted octanol–water partition coefficient (Wildman–Crippen LogP) is 2.01. The average molecular weight is 384 g/mol. The van der Waals surface area contributed by atoms with E-state index in [1.807, 2.05) is 0 Å². The molecule has 1 atom stereocenters. The zero-order valence-corrected chi connectivity index (χ0v) is 15.2. The number of rotatable bonds is 8. The fourth-order valence-corrected chi connectivity index (χ4v) is 2.23. The fraction of sp³-hybridized carbons (Fsp3) is 0.200. The van der Waals surface area contributed by atoms with Gasteiger partial charge in [0.05, 0.1) is 0 Å². The summed E-state index contributed by atoms with van der Waals surface area (Å²) in [7, 11) is 0. The van der Waals surface area contributed by atoms with E-state index in [1.165, 1.54) is 12.1 Å². The molecule has 0 fully saturated rings. The van der Waals surface area contributed by atoms with Crippen molar-refractivity contribution in [3.05, 3.63) is 65.7 Å². The van der Waals surface area contributed by atoms with E-state index in [1.54, 1.807) is 49.4 Å². The van der Waals surface area contributed by atoms with Crippen molar-refractivity contribution in [1.29, 1.82) is 0 Å². The summed E-state index contributed by atoms with van der Waals surface area (Å²) >= 11 is 0. The molecule has 0 spiro atoms. The highest BCUT2D eigenvalue weighted by molar-refractivity contribution is 5.97. The van der Waals surface area contributed by atoms with Gasteiger partial charge in [-0.15, -0.1) is 0 Å². The number of esters is 1.